The van der Waals surface area contributed by atoms with Crippen LogP contribution in [0.25, 0.3) is 0 Å². The molecule has 1 aliphatic heterocycles. The van der Waals surface area contributed by atoms with Gasteiger partial charge in [0, 0.05) is 19.8 Å². The summed E-state index contributed by atoms with van der Waals surface area (Å²) < 4.78 is 18.4. The van der Waals surface area contributed by atoms with Crippen LogP contribution in [0.1, 0.15) is 78.6 Å². The highest BCUT2D eigenvalue weighted by Gasteiger charge is 2.49. The number of unbranched alkanes of at least 4 members (excludes halogenated alkanes) is 4. The zero-order chi connectivity index (χ0) is 24.8. The monoisotopic (exact) mass is 494 g/mol. The van der Waals surface area contributed by atoms with Gasteiger partial charge in [0.2, 0.25) is 0 Å². The van der Waals surface area contributed by atoms with Crippen molar-refractivity contribution in [3.05, 3.63) is 72.8 Å². The third-order valence-electron chi connectivity index (χ3n) is 6.89. The zero-order valence-electron chi connectivity index (χ0n) is 22.2. The first-order chi connectivity index (χ1) is 17.0. The van der Waals surface area contributed by atoms with Crippen molar-refractivity contribution in [3.8, 4) is 0 Å². The van der Waals surface area contributed by atoms with Gasteiger partial charge in [-0.1, -0.05) is 106 Å². The van der Waals surface area contributed by atoms with E-state index in [-0.39, 0.29) is 11.3 Å². The van der Waals surface area contributed by atoms with Gasteiger partial charge in [0.25, 0.3) is 8.32 Å². The molecule has 3 nitrogen and oxygen atoms in total. The number of benzene rings is 2. The summed E-state index contributed by atoms with van der Waals surface area (Å²) in [6.45, 7) is 9.46. The Morgan fingerprint density at radius 1 is 0.800 bits per heavy atom. The molecule has 0 radical (unpaired) electrons. The van der Waals surface area contributed by atoms with Crippen LogP contribution in [-0.4, -0.2) is 34.4 Å². The van der Waals surface area contributed by atoms with Crippen molar-refractivity contribution in [1.29, 1.82) is 0 Å². The molecule has 1 saturated heterocycles. The molecule has 2 aromatic carbocycles. The summed E-state index contributed by atoms with van der Waals surface area (Å²) in [6.07, 6.45) is 15.1. The Labute approximate surface area is 215 Å². The summed E-state index contributed by atoms with van der Waals surface area (Å²) in [6, 6.07) is 21.8. The Kier molecular flexibility index (Phi) is 11.7. The minimum absolute atomic E-state index is 0.0340. The van der Waals surface area contributed by atoms with Crippen LogP contribution in [-0.2, 0) is 13.9 Å². The molecule has 0 amide bonds. The van der Waals surface area contributed by atoms with Crippen molar-refractivity contribution in [3.63, 3.8) is 0 Å². The summed E-state index contributed by atoms with van der Waals surface area (Å²) in [7, 11) is -2.41. The average molecular weight is 495 g/mol. The Morgan fingerprint density at radius 3 is 2.03 bits per heavy atom. The Bertz CT molecular complexity index is 799. The second-order valence-electron chi connectivity index (χ2n) is 10.6. The van der Waals surface area contributed by atoms with Crippen LogP contribution in [0.15, 0.2) is 72.8 Å². The van der Waals surface area contributed by atoms with Crippen molar-refractivity contribution in [1.82, 2.24) is 0 Å². The molecule has 0 spiro atoms. The Balaban J connectivity index is 1.41. The second kappa shape index (κ2) is 14.7. The van der Waals surface area contributed by atoms with Crippen LogP contribution in [0.5, 0.6) is 0 Å². The van der Waals surface area contributed by atoms with E-state index in [0.29, 0.717) is 0 Å². The summed E-state index contributed by atoms with van der Waals surface area (Å²) >= 11 is 0. The van der Waals surface area contributed by atoms with Crippen molar-refractivity contribution >= 4 is 18.7 Å². The predicted octanol–water partition coefficient (Wildman–Crippen LogP) is 7.00. The summed E-state index contributed by atoms with van der Waals surface area (Å²) in [5.41, 5.74) is 0. The Hall–Kier alpha value is -1.72. The maximum absolute atomic E-state index is 6.95. The number of hydrogen-bond acceptors (Lipinski definition) is 3. The molecule has 0 aromatic heterocycles. The lowest BCUT2D eigenvalue weighted by Crippen LogP contribution is -2.66. The standard InChI is InChI=1S/C31H46O3Si/c1-31(2,3)35(28-20-12-10-13-21-28,29-22-14-11-15-23-29)34-27-18-9-7-5-4-6-8-17-25-32-30-24-16-19-26-33-30/h7,9-15,20-23,30H,4-6,8,16-19,24-27H2,1-3H3. The molecule has 0 saturated carbocycles. The van der Waals surface area contributed by atoms with Crippen LogP contribution in [0.3, 0.4) is 0 Å². The van der Waals surface area contributed by atoms with Crippen LogP contribution in [0.2, 0.25) is 5.04 Å². The van der Waals surface area contributed by atoms with Gasteiger partial charge in [-0.3, -0.25) is 0 Å². The van der Waals surface area contributed by atoms with Gasteiger partial charge < -0.3 is 13.9 Å². The first kappa shape index (κ1) is 27.9. The number of allylic oxidation sites excluding steroid dienone is 1. The van der Waals surface area contributed by atoms with E-state index in [1.165, 1.54) is 42.5 Å². The number of hydrogen-bond donors (Lipinski definition) is 0. The van der Waals surface area contributed by atoms with Gasteiger partial charge in [-0.05, 0) is 60.4 Å². The third kappa shape index (κ3) is 8.42. The molecule has 1 unspecified atom stereocenters. The first-order valence-electron chi connectivity index (χ1n) is 13.7. The van der Waals surface area contributed by atoms with Gasteiger partial charge in [0.1, 0.15) is 0 Å². The molecule has 1 aliphatic rings. The predicted molar refractivity (Wildman–Crippen MR) is 150 cm³/mol. The van der Waals surface area contributed by atoms with Gasteiger partial charge in [-0.15, -0.1) is 0 Å². The van der Waals surface area contributed by atoms with Crippen molar-refractivity contribution in [2.75, 3.05) is 19.8 Å². The van der Waals surface area contributed by atoms with E-state index in [1.54, 1.807) is 0 Å². The molecule has 2 aromatic rings. The van der Waals surface area contributed by atoms with Crippen molar-refractivity contribution in [2.24, 2.45) is 0 Å². The fourth-order valence-electron chi connectivity index (χ4n) is 5.05. The maximum Gasteiger partial charge on any atom is 0.261 e. The maximum atomic E-state index is 6.95. The highest BCUT2D eigenvalue weighted by Crippen LogP contribution is 2.36. The molecule has 1 heterocycles. The molecule has 35 heavy (non-hydrogen) atoms. The average Bonchev–Trinajstić information content (AvgIpc) is 2.88. The summed E-state index contributed by atoms with van der Waals surface area (Å²) in [5.74, 6) is 0. The van der Waals surface area contributed by atoms with Gasteiger partial charge in [-0.25, -0.2) is 0 Å². The fraction of sp³-hybridized carbons (Fsp3) is 0.548. The topological polar surface area (TPSA) is 27.7 Å². The van der Waals surface area contributed by atoms with Gasteiger partial charge in [0.15, 0.2) is 6.29 Å². The molecule has 0 bridgehead atoms. The quantitative estimate of drug-likeness (QED) is 0.161. The van der Waals surface area contributed by atoms with Crippen LogP contribution < -0.4 is 10.4 Å². The first-order valence-corrected chi connectivity index (χ1v) is 15.6. The minimum Gasteiger partial charge on any atom is -0.407 e. The SMILES string of the molecule is CC(C)(C)[Si](OCCC=CCCCCCCOC1CCCCO1)(c1ccccc1)c1ccccc1. The van der Waals surface area contributed by atoms with Crippen LogP contribution in [0.4, 0.5) is 0 Å². The van der Waals surface area contributed by atoms with Gasteiger partial charge >= 0.3 is 0 Å². The molecule has 1 fully saturated rings. The molecule has 0 N–H and O–H groups in total. The van der Waals surface area contributed by atoms with Gasteiger partial charge in [-0.2, -0.15) is 0 Å². The molecular weight excluding hydrogens is 448 g/mol. The molecule has 192 valence electrons. The second-order valence-corrected chi connectivity index (χ2v) is 14.9. The largest absolute Gasteiger partial charge is 0.407 e. The molecule has 3 rings (SSSR count). The van der Waals surface area contributed by atoms with E-state index in [1.807, 2.05) is 0 Å². The molecule has 1 atom stereocenters. The van der Waals surface area contributed by atoms with Crippen LogP contribution >= 0.6 is 0 Å². The highest BCUT2D eigenvalue weighted by atomic mass is 28.4. The van der Waals surface area contributed by atoms with Crippen LogP contribution in [0, 0.1) is 0 Å². The normalized spacial score (nSPS) is 17.2. The van der Waals surface area contributed by atoms with Crippen molar-refractivity contribution < 1.29 is 13.9 Å². The lowest BCUT2D eigenvalue weighted by atomic mass is 10.1. The van der Waals surface area contributed by atoms with Crippen molar-refractivity contribution in [2.45, 2.75) is 89.9 Å². The lowest BCUT2D eigenvalue weighted by Gasteiger charge is -2.43. The van der Waals surface area contributed by atoms with Gasteiger partial charge in [0.05, 0.1) is 0 Å². The summed E-state index contributed by atoms with van der Waals surface area (Å²) in [4.78, 5) is 0. The van der Waals surface area contributed by atoms with E-state index in [2.05, 4.69) is 93.6 Å². The number of ether oxygens (including phenoxy) is 2. The Morgan fingerprint density at radius 2 is 1.43 bits per heavy atom. The van der Waals surface area contributed by atoms with E-state index in [4.69, 9.17) is 13.9 Å². The minimum atomic E-state index is -2.41. The summed E-state index contributed by atoms with van der Waals surface area (Å²) in [5, 5.41) is 2.73. The van der Waals surface area contributed by atoms with E-state index < -0.39 is 8.32 Å². The highest BCUT2D eigenvalue weighted by molar-refractivity contribution is 6.99. The molecular formula is C31H46O3Si. The lowest BCUT2D eigenvalue weighted by molar-refractivity contribution is -0.162. The smallest absolute Gasteiger partial charge is 0.261 e. The van der Waals surface area contributed by atoms with E-state index >= 15 is 0 Å². The van der Waals surface area contributed by atoms with E-state index in [9.17, 15) is 0 Å². The van der Waals surface area contributed by atoms with E-state index in [0.717, 1.165) is 45.5 Å². The molecule has 0 aliphatic carbocycles. The third-order valence-corrected chi connectivity index (χ3v) is 11.9. The number of rotatable bonds is 14. The zero-order valence-corrected chi connectivity index (χ0v) is 23.2. The fourth-order valence-corrected chi connectivity index (χ4v) is 9.63. The molecule has 4 heteroatoms.